The molecule has 3 nitrogen and oxygen atoms in total. The van der Waals surface area contributed by atoms with Crippen LogP contribution in [0.1, 0.15) is 25.0 Å². The molecule has 10 aromatic rings. The maximum Gasteiger partial charge on any atom is 0.235 e. The lowest BCUT2D eigenvalue weighted by Gasteiger charge is -2.22. The molecule has 0 unspecified atom stereocenters. The molecule has 0 atom stereocenters. The molecule has 0 bridgehead atoms. The summed E-state index contributed by atoms with van der Waals surface area (Å²) < 4.78 is 2.30. The van der Waals surface area contributed by atoms with E-state index in [0.717, 1.165) is 38.8 Å². The molecule has 1 aliphatic rings. The molecule has 0 amide bonds. The van der Waals surface area contributed by atoms with Crippen molar-refractivity contribution in [2.24, 2.45) is 0 Å². The van der Waals surface area contributed by atoms with Crippen LogP contribution < -0.4 is 0 Å². The molecule has 0 spiro atoms. The number of aromatic nitrogens is 3. The van der Waals surface area contributed by atoms with Crippen molar-refractivity contribution >= 4 is 43.5 Å². The molecule has 2 heterocycles. The van der Waals surface area contributed by atoms with Gasteiger partial charge in [-0.15, -0.1) is 0 Å². The normalized spacial score (nSPS) is 13.1. The van der Waals surface area contributed by atoms with Gasteiger partial charge in [-0.3, -0.25) is 4.57 Å². The molecular formula is C51H35N3. The van der Waals surface area contributed by atoms with Crippen LogP contribution in [0.25, 0.3) is 94.1 Å². The number of hydrogen-bond donors (Lipinski definition) is 0. The zero-order valence-electron chi connectivity index (χ0n) is 30.1. The molecule has 254 valence electrons. The molecule has 0 aliphatic heterocycles. The van der Waals surface area contributed by atoms with E-state index < -0.39 is 0 Å². The van der Waals surface area contributed by atoms with Gasteiger partial charge >= 0.3 is 0 Å². The molecule has 0 fully saturated rings. The molecule has 54 heavy (non-hydrogen) atoms. The summed E-state index contributed by atoms with van der Waals surface area (Å²) in [4.78, 5) is 10.7. The van der Waals surface area contributed by atoms with E-state index in [2.05, 4.69) is 194 Å². The van der Waals surface area contributed by atoms with Crippen molar-refractivity contribution in [2.45, 2.75) is 19.3 Å². The van der Waals surface area contributed by atoms with Crippen LogP contribution in [-0.2, 0) is 5.41 Å². The van der Waals surface area contributed by atoms with Gasteiger partial charge in [0.05, 0.1) is 22.2 Å². The van der Waals surface area contributed by atoms with Gasteiger partial charge in [0, 0.05) is 32.7 Å². The van der Waals surface area contributed by atoms with Crippen molar-refractivity contribution in [3.05, 3.63) is 187 Å². The number of rotatable bonds is 4. The van der Waals surface area contributed by atoms with Gasteiger partial charge in [0.1, 0.15) is 0 Å². The highest BCUT2D eigenvalue weighted by Crippen LogP contribution is 2.52. The van der Waals surface area contributed by atoms with Crippen LogP contribution in [0.3, 0.4) is 0 Å². The standard InChI is InChI=1S/C51H35N3/c1-51(2)43-28-25-33-16-9-10-19-37(33)47(43)40-27-24-36(31-44(40)51)38-21-13-22-39-42-30-35(32-14-5-3-6-15-32)26-29-46(42)54(49(38)39)50-52-45-23-12-11-20-41(45)48(53-50)34-17-7-4-8-18-34/h3-31H,1-2H3. The second kappa shape index (κ2) is 11.6. The predicted octanol–water partition coefficient (Wildman–Crippen LogP) is 13.2. The highest BCUT2D eigenvalue weighted by atomic mass is 15.2. The Morgan fingerprint density at radius 2 is 1.15 bits per heavy atom. The minimum atomic E-state index is -0.151. The monoisotopic (exact) mass is 689 g/mol. The second-order valence-electron chi connectivity index (χ2n) is 15.0. The van der Waals surface area contributed by atoms with Gasteiger partial charge in [0.15, 0.2) is 0 Å². The molecule has 0 N–H and O–H groups in total. The van der Waals surface area contributed by atoms with Crippen LogP contribution in [0.4, 0.5) is 0 Å². The Bertz CT molecular complexity index is 3120. The topological polar surface area (TPSA) is 30.7 Å². The quantitative estimate of drug-likeness (QED) is 0.184. The Kier molecular flexibility index (Phi) is 6.60. The van der Waals surface area contributed by atoms with Crippen LogP contribution in [0, 0.1) is 0 Å². The molecule has 2 aromatic heterocycles. The van der Waals surface area contributed by atoms with Crippen molar-refractivity contribution in [3.8, 4) is 50.6 Å². The fourth-order valence-corrected chi connectivity index (χ4v) is 8.97. The molecule has 3 heteroatoms. The summed E-state index contributed by atoms with van der Waals surface area (Å²) in [6, 6.07) is 63.5. The van der Waals surface area contributed by atoms with E-state index in [1.807, 2.05) is 0 Å². The first-order valence-electron chi connectivity index (χ1n) is 18.7. The first-order valence-corrected chi connectivity index (χ1v) is 18.7. The van der Waals surface area contributed by atoms with Crippen molar-refractivity contribution in [3.63, 3.8) is 0 Å². The average molecular weight is 690 g/mol. The molecule has 11 rings (SSSR count). The summed E-state index contributed by atoms with van der Waals surface area (Å²) in [6.45, 7) is 4.74. The molecule has 0 radical (unpaired) electrons. The fraction of sp³-hybridized carbons (Fsp3) is 0.0588. The average Bonchev–Trinajstić information content (AvgIpc) is 3.69. The lowest BCUT2D eigenvalue weighted by atomic mass is 9.81. The SMILES string of the molecule is CC1(C)c2cc(-c3cccc4c5cc(-c6ccccc6)ccc5n(-c5nc(-c6ccccc6)c6ccccc6n5)c34)ccc2-c2c1ccc1ccccc21. The Labute approximate surface area is 313 Å². The Morgan fingerprint density at radius 3 is 1.98 bits per heavy atom. The molecule has 1 aliphatic carbocycles. The number of nitrogens with zero attached hydrogens (tertiary/aromatic N) is 3. The minimum Gasteiger partial charge on any atom is -0.277 e. The van der Waals surface area contributed by atoms with E-state index in [0.29, 0.717) is 5.95 Å². The largest absolute Gasteiger partial charge is 0.277 e. The number of hydrogen-bond acceptors (Lipinski definition) is 2. The van der Waals surface area contributed by atoms with Crippen LogP contribution in [0.15, 0.2) is 176 Å². The number of fused-ring (bicyclic) bond motifs is 9. The molecule has 0 saturated heterocycles. The number of benzene rings is 8. The maximum atomic E-state index is 5.42. The minimum absolute atomic E-state index is 0.151. The third-order valence-electron chi connectivity index (χ3n) is 11.6. The lowest BCUT2D eigenvalue weighted by Crippen LogP contribution is -2.15. The van der Waals surface area contributed by atoms with E-state index in [9.17, 15) is 0 Å². The van der Waals surface area contributed by atoms with Gasteiger partial charge in [-0.2, -0.15) is 0 Å². The highest BCUT2D eigenvalue weighted by Gasteiger charge is 2.36. The summed E-state index contributed by atoms with van der Waals surface area (Å²) >= 11 is 0. The van der Waals surface area contributed by atoms with E-state index in [-0.39, 0.29) is 5.41 Å². The van der Waals surface area contributed by atoms with Crippen LogP contribution in [0.2, 0.25) is 0 Å². The van der Waals surface area contributed by atoms with Crippen LogP contribution in [-0.4, -0.2) is 14.5 Å². The van der Waals surface area contributed by atoms with E-state index >= 15 is 0 Å². The van der Waals surface area contributed by atoms with Gasteiger partial charge in [-0.1, -0.05) is 166 Å². The Hall–Kier alpha value is -6.84. The van der Waals surface area contributed by atoms with Crippen molar-refractivity contribution in [1.82, 2.24) is 14.5 Å². The van der Waals surface area contributed by atoms with Gasteiger partial charge in [0.2, 0.25) is 5.95 Å². The summed E-state index contributed by atoms with van der Waals surface area (Å²) in [5.74, 6) is 0.660. The summed E-state index contributed by atoms with van der Waals surface area (Å²) in [5.41, 5.74) is 15.1. The van der Waals surface area contributed by atoms with Gasteiger partial charge in [-0.05, 0) is 74.0 Å². The summed E-state index contributed by atoms with van der Waals surface area (Å²) in [5, 5.41) is 5.97. The van der Waals surface area contributed by atoms with Crippen molar-refractivity contribution in [1.29, 1.82) is 0 Å². The first-order chi connectivity index (χ1) is 26.5. The fourth-order valence-electron chi connectivity index (χ4n) is 8.97. The zero-order chi connectivity index (χ0) is 36.0. The smallest absolute Gasteiger partial charge is 0.235 e. The molecule has 8 aromatic carbocycles. The summed E-state index contributed by atoms with van der Waals surface area (Å²) in [6.07, 6.45) is 0. The van der Waals surface area contributed by atoms with Gasteiger partial charge < -0.3 is 0 Å². The lowest BCUT2D eigenvalue weighted by molar-refractivity contribution is 0.661. The Balaban J connectivity index is 1.21. The Morgan fingerprint density at radius 1 is 0.444 bits per heavy atom. The van der Waals surface area contributed by atoms with E-state index in [4.69, 9.17) is 9.97 Å². The molecular weight excluding hydrogens is 655 g/mol. The third kappa shape index (κ3) is 4.48. The maximum absolute atomic E-state index is 5.42. The van der Waals surface area contributed by atoms with Crippen LogP contribution >= 0.6 is 0 Å². The summed E-state index contributed by atoms with van der Waals surface area (Å²) in [7, 11) is 0. The second-order valence-corrected chi connectivity index (χ2v) is 15.0. The van der Waals surface area contributed by atoms with E-state index in [1.54, 1.807) is 0 Å². The molecule has 0 saturated carbocycles. The van der Waals surface area contributed by atoms with Crippen LogP contribution in [0.5, 0.6) is 0 Å². The highest BCUT2D eigenvalue weighted by molar-refractivity contribution is 6.15. The predicted molar refractivity (Wildman–Crippen MR) is 225 cm³/mol. The van der Waals surface area contributed by atoms with Gasteiger partial charge in [0.25, 0.3) is 0 Å². The van der Waals surface area contributed by atoms with Crippen molar-refractivity contribution < 1.29 is 0 Å². The van der Waals surface area contributed by atoms with E-state index in [1.165, 1.54) is 60.5 Å². The first kappa shape index (κ1) is 30.8. The third-order valence-corrected chi connectivity index (χ3v) is 11.6. The van der Waals surface area contributed by atoms with Crippen molar-refractivity contribution in [2.75, 3.05) is 0 Å². The van der Waals surface area contributed by atoms with Gasteiger partial charge in [-0.25, -0.2) is 9.97 Å². The zero-order valence-corrected chi connectivity index (χ0v) is 30.1. The number of para-hydroxylation sites is 2.